The second-order valence-electron chi connectivity index (χ2n) is 13.0. The summed E-state index contributed by atoms with van der Waals surface area (Å²) in [5.41, 5.74) is 13.0. The van der Waals surface area contributed by atoms with Crippen molar-refractivity contribution in [1.29, 1.82) is 0 Å². The monoisotopic (exact) mass is 649 g/mol. The number of hydrogen-bond acceptors (Lipinski definition) is 1. The molecule has 0 atom stereocenters. The average Bonchev–Trinajstić information content (AvgIpc) is 3.22. The maximum absolute atomic E-state index is 2.33. The van der Waals surface area contributed by atoms with E-state index in [1.54, 1.807) is 0 Å². The Morgan fingerprint density at radius 3 is 1.00 bits per heavy atom. The Bertz CT molecular complexity index is 2490. The first kappa shape index (κ1) is 30.4. The molecule has 0 fully saturated rings. The molecule has 0 aliphatic rings. The number of hydrogen-bond donors (Lipinski definition) is 0. The number of fused-ring (bicyclic) bond motifs is 3. The Kier molecular flexibility index (Phi) is 7.92. The van der Waals surface area contributed by atoms with Gasteiger partial charge in [-0.05, 0) is 109 Å². The molecule has 0 spiro atoms. The molecule has 9 rings (SSSR count). The molecular formula is C50H35N. The third kappa shape index (κ3) is 6.07. The van der Waals surface area contributed by atoms with Crippen molar-refractivity contribution in [3.63, 3.8) is 0 Å². The van der Waals surface area contributed by atoms with Crippen LogP contribution >= 0.6 is 0 Å². The summed E-state index contributed by atoms with van der Waals surface area (Å²) in [5, 5.41) is 5.12. The van der Waals surface area contributed by atoms with Gasteiger partial charge in [-0.3, -0.25) is 0 Å². The van der Waals surface area contributed by atoms with Crippen molar-refractivity contribution in [3.05, 3.63) is 212 Å². The number of anilines is 3. The summed E-state index contributed by atoms with van der Waals surface area (Å²) in [5.74, 6) is 0. The largest absolute Gasteiger partial charge is 0.311 e. The van der Waals surface area contributed by atoms with E-state index in [9.17, 15) is 0 Å². The lowest BCUT2D eigenvalue weighted by Crippen LogP contribution is -2.09. The van der Waals surface area contributed by atoms with E-state index in [4.69, 9.17) is 0 Å². The number of rotatable bonds is 7. The van der Waals surface area contributed by atoms with Gasteiger partial charge in [-0.15, -0.1) is 0 Å². The zero-order chi connectivity index (χ0) is 34.0. The highest BCUT2D eigenvalue weighted by Crippen LogP contribution is 2.38. The zero-order valence-corrected chi connectivity index (χ0v) is 28.2. The van der Waals surface area contributed by atoms with Gasteiger partial charge in [0.2, 0.25) is 0 Å². The van der Waals surface area contributed by atoms with Gasteiger partial charge in [0.1, 0.15) is 0 Å². The van der Waals surface area contributed by atoms with Gasteiger partial charge in [-0.2, -0.15) is 0 Å². The van der Waals surface area contributed by atoms with Gasteiger partial charge in [-0.1, -0.05) is 170 Å². The lowest BCUT2D eigenvalue weighted by molar-refractivity contribution is 1.28. The Morgan fingerprint density at radius 2 is 0.529 bits per heavy atom. The normalized spacial score (nSPS) is 11.1. The highest BCUT2D eigenvalue weighted by Gasteiger charge is 2.14. The highest BCUT2D eigenvalue weighted by atomic mass is 15.1. The molecule has 0 N–H and O–H groups in total. The molecule has 0 aliphatic carbocycles. The molecule has 0 amide bonds. The standard InChI is InChI=1S/C50H35N/c1-3-9-36(10-4-1)39-23-29-46(30-24-39)51(47-31-25-40(26-32-47)37-11-5-2-6-12-37)48-33-27-41(28-34-48)38-15-17-42(18-16-38)45-22-21-44-20-19-43-13-7-8-14-49(43)50(44)35-45/h1-35H. The summed E-state index contributed by atoms with van der Waals surface area (Å²) in [4.78, 5) is 2.33. The van der Waals surface area contributed by atoms with Gasteiger partial charge in [0, 0.05) is 17.1 Å². The molecule has 9 aromatic carbocycles. The summed E-state index contributed by atoms with van der Waals surface area (Å²) in [6.07, 6.45) is 0. The molecule has 0 radical (unpaired) electrons. The summed E-state index contributed by atoms with van der Waals surface area (Å²) in [7, 11) is 0. The van der Waals surface area contributed by atoms with Crippen molar-refractivity contribution in [2.75, 3.05) is 4.90 Å². The summed E-state index contributed by atoms with van der Waals surface area (Å²) < 4.78 is 0. The zero-order valence-electron chi connectivity index (χ0n) is 28.2. The molecule has 0 saturated carbocycles. The molecule has 0 bridgehead atoms. The van der Waals surface area contributed by atoms with Crippen molar-refractivity contribution >= 4 is 38.6 Å². The molecular weight excluding hydrogens is 615 g/mol. The molecule has 0 unspecified atom stereocenters. The van der Waals surface area contributed by atoms with Crippen LogP contribution in [-0.4, -0.2) is 0 Å². The van der Waals surface area contributed by atoms with Crippen molar-refractivity contribution in [1.82, 2.24) is 0 Å². The van der Waals surface area contributed by atoms with Crippen LogP contribution in [0.15, 0.2) is 212 Å². The summed E-state index contributed by atoms with van der Waals surface area (Å²) in [6, 6.07) is 76.5. The van der Waals surface area contributed by atoms with Crippen LogP contribution in [0, 0.1) is 0 Å². The molecule has 0 saturated heterocycles. The fourth-order valence-electron chi connectivity index (χ4n) is 7.15. The molecule has 0 aromatic heterocycles. The van der Waals surface area contributed by atoms with Crippen molar-refractivity contribution < 1.29 is 0 Å². The summed E-state index contributed by atoms with van der Waals surface area (Å²) >= 11 is 0. The summed E-state index contributed by atoms with van der Waals surface area (Å²) in [6.45, 7) is 0. The highest BCUT2D eigenvalue weighted by molar-refractivity contribution is 6.08. The van der Waals surface area contributed by atoms with Crippen molar-refractivity contribution in [2.24, 2.45) is 0 Å². The van der Waals surface area contributed by atoms with Gasteiger partial charge in [0.25, 0.3) is 0 Å². The van der Waals surface area contributed by atoms with E-state index in [2.05, 4.69) is 217 Å². The first-order valence-electron chi connectivity index (χ1n) is 17.5. The van der Waals surface area contributed by atoms with E-state index >= 15 is 0 Å². The quantitative estimate of drug-likeness (QED) is 0.155. The smallest absolute Gasteiger partial charge is 0.0462 e. The van der Waals surface area contributed by atoms with E-state index < -0.39 is 0 Å². The Labute approximate surface area is 299 Å². The van der Waals surface area contributed by atoms with Crippen LogP contribution in [0.25, 0.3) is 66.1 Å². The Morgan fingerprint density at radius 1 is 0.216 bits per heavy atom. The van der Waals surface area contributed by atoms with Gasteiger partial charge in [0.05, 0.1) is 0 Å². The van der Waals surface area contributed by atoms with Crippen LogP contribution in [0.5, 0.6) is 0 Å². The second kappa shape index (κ2) is 13.3. The Hall–Kier alpha value is -6.70. The minimum absolute atomic E-state index is 1.11. The van der Waals surface area contributed by atoms with Gasteiger partial charge >= 0.3 is 0 Å². The third-order valence-corrected chi connectivity index (χ3v) is 9.89. The van der Waals surface area contributed by atoms with Crippen LogP contribution in [-0.2, 0) is 0 Å². The number of nitrogens with zero attached hydrogens (tertiary/aromatic N) is 1. The van der Waals surface area contributed by atoms with E-state index in [0.717, 1.165) is 17.1 Å². The predicted octanol–water partition coefficient (Wildman–Crippen LogP) is 14.1. The van der Waals surface area contributed by atoms with Crippen molar-refractivity contribution in [3.8, 4) is 44.5 Å². The molecule has 240 valence electrons. The second-order valence-corrected chi connectivity index (χ2v) is 13.0. The van der Waals surface area contributed by atoms with Crippen LogP contribution in [0.1, 0.15) is 0 Å². The average molecular weight is 650 g/mol. The fraction of sp³-hybridized carbons (Fsp3) is 0. The van der Waals surface area contributed by atoms with E-state index in [0.29, 0.717) is 0 Å². The number of benzene rings is 9. The van der Waals surface area contributed by atoms with E-state index in [1.807, 2.05) is 0 Å². The first-order chi connectivity index (χ1) is 25.3. The van der Waals surface area contributed by atoms with Crippen LogP contribution in [0.4, 0.5) is 17.1 Å². The predicted molar refractivity (Wildman–Crippen MR) is 218 cm³/mol. The maximum Gasteiger partial charge on any atom is 0.0462 e. The molecule has 1 heteroatoms. The SMILES string of the molecule is c1ccc(-c2ccc(N(c3ccc(-c4ccccc4)cc3)c3ccc(-c4ccc(-c5ccc6ccc7ccccc7c6c5)cc4)cc3)cc2)cc1. The topological polar surface area (TPSA) is 3.24 Å². The minimum Gasteiger partial charge on any atom is -0.311 e. The fourth-order valence-corrected chi connectivity index (χ4v) is 7.15. The first-order valence-corrected chi connectivity index (χ1v) is 17.5. The van der Waals surface area contributed by atoms with Crippen LogP contribution in [0.3, 0.4) is 0 Å². The van der Waals surface area contributed by atoms with Crippen LogP contribution < -0.4 is 4.90 Å². The lowest BCUT2D eigenvalue weighted by Gasteiger charge is -2.26. The van der Waals surface area contributed by atoms with Gasteiger partial charge in [-0.25, -0.2) is 0 Å². The third-order valence-electron chi connectivity index (χ3n) is 9.89. The molecule has 0 aliphatic heterocycles. The molecule has 9 aromatic rings. The molecule has 51 heavy (non-hydrogen) atoms. The van der Waals surface area contributed by atoms with Crippen molar-refractivity contribution in [2.45, 2.75) is 0 Å². The van der Waals surface area contributed by atoms with Crippen LogP contribution in [0.2, 0.25) is 0 Å². The van der Waals surface area contributed by atoms with E-state index in [1.165, 1.54) is 66.1 Å². The molecule has 0 heterocycles. The Balaban J connectivity index is 1.03. The maximum atomic E-state index is 2.33. The minimum atomic E-state index is 1.11. The van der Waals surface area contributed by atoms with Gasteiger partial charge in [0.15, 0.2) is 0 Å². The lowest BCUT2D eigenvalue weighted by atomic mass is 9.96. The van der Waals surface area contributed by atoms with Gasteiger partial charge < -0.3 is 4.90 Å². The molecule has 1 nitrogen and oxygen atoms in total. The van der Waals surface area contributed by atoms with E-state index in [-0.39, 0.29) is 0 Å².